The fourth-order valence-electron chi connectivity index (χ4n) is 1.65. The Balaban J connectivity index is 2.96. The summed E-state index contributed by atoms with van der Waals surface area (Å²) in [5, 5.41) is 0. The summed E-state index contributed by atoms with van der Waals surface area (Å²) < 4.78 is 4.62. The fourth-order valence-corrected chi connectivity index (χ4v) is 1.65. The molecule has 0 aliphatic carbocycles. The predicted molar refractivity (Wildman–Crippen MR) is 74.1 cm³/mol. The highest BCUT2D eigenvalue weighted by atomic mass is 16.5. The van der Waals surface area contributed by atoms with Crippen LogP contribution in [-0.4, -0.2) is 42.7 Å². The molecule has 6 nitrogen and oxygen atoms in total. The number of anilines is 1. The molecule has 1 heterocycles. The number of nitrogens with zero attached hydrogens (tertiary/aromatic N) is 3. The van der Waals surface area contributed by atoms with Gasteiger partial charge in [0.25, 0.3) is 0 Å². The first-order chi connectivity index (χ1) is 8.93. The van der Waals surface area contributed by atoms with Gasteiger partial charge in [-0.25, -0.2) is 14.8 Å². The third-order valence-electron chi connectivity index (χ3n) is 2.89. The van der Waals surface area contributed by atoms with E-state index in [4.69, 9.17) is 5.73 Å². The van der Waals surface area contributed by atoms with Gasteiger partial charge in [-0.2, -0.15) is 0 Å². The maximum absolute atomic E-state index is 11.4. The van der Waals surface area contributed by atoms with Crippen molar-refractivity contribution in [2.75, 3.05) is 31.6 Å². The zero-order valence-electron chi connectivity index (χ0n) is 12.0. The van der Waals surface area contributed by atoms with Gasteiger partial charge >= 0.3 is 5.97 Å². The van der Waals surface area contributed by atoms with Crippen molar-refractivity contribution in [2.45, 2.75) is 20.8 Å². The van der Waals surface area contributed by atoms with E-state index in [-0.39, 0.29) is 11.2 Å². The molecule has 0 unspecified atom stereocenters. The largest absolute Gasteiger partial charge is 0.463 e. The quantitative estimate of drug-likeness (QED) is 0.776. The van der Waals surface area contributed by atoms with Crippen molar-refractivity contribution in [3.63, 3.8) is 0 Å². The van der Waals surface area contributed by atoms with Gasteiger partial charge in [0.2, 0.25) is 5.82 Å². The molecule has 0 aromatic carbocycles. The molecule has 1 aromatic heterocycles. The third kappa shape index (κ3) is 4.17. The Labute approximate surface area is 114 Å². The van der Waals surface area contributed by atoms with E-state index in [9.17, 15) is 4.79 Å². The highest BCUT2D eigenvalue weighted by molar-refractivity contribution is 5.85. The first-order valence-corrected chi connectivity index (χ1v) is 6.30. The number of methoxy groups -OCH3 is 1. The van der Waals surface area contributed by atoms with Gasteiger partial charge in [0.1, 0.15) is 5.82 Å². The molecule has 0 radical (unpaired) electrons. The first kappa shape index (κ1) is 15.4. The number of esters is 1. The van der Waals surface area contributed by atoms with Gasteiger partial charge in [-0.05, 0) is 24.9 Å². The van der Waals surface area contributed by atoms with Crippen LogP contribution in [0.3, 0.4) is 0 Å². The molecule has 0 spiro atoms. The van der Waals surface area contributed by atoms with Crippen molar-refractivity contribution in [1.29, 1.82) is 0 Å². The Morgan fingerprint density at radius 2 is 2.21 bits per heavy atom. The Hall–Kier alpha value is -1.69. The summed E-state index contributed by atoms with van der Waals surface area (Å²) in [6.07, 6.45) is 1.56. The maximum Gasteiger partial charge on any atom is 0.376 e. The van der Waals surface area contributed by atoms with Crippen LogP contribution in [0.2, 0.25) is 0 Å². The standard InChI is InChI=1S/C13H22N4O2/c1-5-17(9-13(2,3)8-14)10-6-7-15-11(16-10)12(18)19-4/h6-7H,5,8-9,14H2,1-4H3. The molecule has 1 aromatic rings. The van der Waals surface area contributed by atoms with Crippen LogP contribution in [0.5, 0.6) is 0 Å². The van der Waals surface area contributed by atoms with E-state index in [1.807, 2.05) is 6.92 Å². The summed E-state index contributed by atoms with van der Waals surface area (Å²) in [5.74, 6) is 0.249. The van der Waals surface area contributed by atoms with E-state index < -0.39 is 5.97 Å². The molecule has 0 atom stereocenters. The van der Waals surface area contributed by atoms with Crippen LogP contribution in [0.1, 0.15) is 31.4 Å². The normalized spacial score (nSPS) is 11.2. The van der Waals surface area contributed by atoms with Gasteiger partial charge < -0.3 is 15.4 Å². The highest BCUT2D eigenvalue weighted by Gasteiger charge is 2.21. The van der Waals surface area contributed by atoms with Crippen molar-refractivity contribution >= 4 is 11.8 Å². The lowest BCUT2D eigenvalue weighted by Crippen LogP contribution is -2.39. The third-order valence-corrected chi connectivity index (χ3v) is 2.89. The van der Waals surface area contributed by atoms with E-state index in [1.54, 1.807) is 12.3 Å². The van der Waals surface area contributed by atoms with E-state index in [1.165, 1.54) is 7.11 Å². The molecule has 1 rings (SSSR count). The number of aromatic nitrogens is 2. The first-order valence-electron chi connectivity index (χ1n) is 6.30. The Morgan fingerprint density at radius 3 is 2.74 bits per heavy atom. The molecular formula is C13H22N4O2. The van der Waals surface area contributed by atoms with E-state index in [0.717, 1.165) is 13.1 Å². The molecule has 6 heteroatoms. The number of nitrogens with two attached hydrogens (primary N) is 1. The molecule has 0 amide bonds. The summed E-state index contributed by atoms with van der Waals surface area (Å²) in [7, 11) is 1.31. The Kier molecular flexibility index (Phi) is 5.23. The van der Waals surface area contributed by atoms with Crippen LogP contribution >= 0.6 is 0 Å². The van der Waals surface area contributed by atoms with Crippen LogP contribution in [0.15, 0.2) is 12.3 Å². The number of rotatable bonds is 6. The van der Waals surface area contributed by atoms with Crippen LogP contribution < -0.4 is 10.6 Å². The highest BCUT2D eigenvalue weighted by Crippen LogP contribution is 2.19. The molecule has 0 saturated carbocycles. The summed E-state index contributed by atoms with van der Waals surface area (Å²) in [6, 6.07) is 1.78. The maximum atomic E-state index is 11.4. The number of hydrogen-bond acceptors (Lipinski definition) is 6. The summed E-state index contributed by atoms with van der Waals surface area (Å²) in [4.78, 5) is 21.6. The Morgan fingerprint density at radius 1 is 1.53 bits per heavy atom. The van der Waals surface area contributed by atoms with Crippen molar-refractivity contribution in [2.24, 2.45) is 11.1 Å². The van der Waals surface area contributed by atoms with Crippen LogP contribution in [-0.2, 0) is 4.74 Å². The monoisotopic (exact) mass is 266 g/mol. The van der Waals surface area contributed by atoms with Gasteiger partial charge in [0.15, 0.2) is 0 Å². The number of hydrogen-bond donors (Lipinski definition) is 1. The van der Waals surface area contributed by atoms with Crippen molar-refractivity contribution in [1.82, 2.24) is 9.97 Å². The molecule has 2 N–H and O–H groups in total. The molecule has 106 valence electrons. The molecule has 0 aliphatic heterocycles. The van der Waals surface area contributed by atoms with E-state index in [2.05, 4.69) is 33.5 Å². The van der Waals surface area contributed by atoms with Crippen molar-refractivity contribution < 1.29 is 9.53 Å². The molecular weight excluding hydrogens is 244 g/mol. The van der Waals surface area contributed by atoms with Gasteiger partial charge in [-0.15, -0.1) is 0 Å². The minimum absolute atomic E-state index is 0.0214. The second kappa shape index (κ2) is 6.47. The number of carbonyl (C=O) groups excluding carboxylic acids is 1. The van der Waals surface area contributed by atoms with E-state index in [0.29, 0.717) is 12.4 Å². The van der Waals surface area contributed by atoms with Crippen LogP contribution in [0.25, 0.3) is 0 Å². The van der Waals surface area contributed by atoms with Gasteiger partial charge in [-0.3, -0.25) is 0 Å². The fraction of sp³-hybridized carbons (Fsp3) is 0.615. The molecule has 0 saturated heterocycles. The summed E-state index contributed by atoms with van der Waals surface area (Å²) >= 11 is 0. The zero-order valence-corrected chi connectivity index (χ0v) is 12.0. The second-order valence-corrected chi connectivity index (χ2v) is 5.11. The smallest absolute Gasteiger partial charge is 0.376 e. The summed E-state index contributed by atoms with van der Waals surface area (Å²) in [6.45, 7) is 8.35. The number of carbonyl (C=O) groups is 1. The SMILES string of the molecule is CCN(CC(C)(C)CN)c1ccnc(C(=O)OC)n1. The van der Waals surface area contributed by atoms with Gasteiger partial charge in [-0.1, -0.05) is 13.8 Å². The second-order valence-electron chi connectivity index (χ2n) is 5.11. The van der Waals surface area contributed by atoms with Crippen molar-refractivity contribution in [3.05, 3.63) is 18.1 Å². The molecule has 0 aliphatic rings. The number of ether oxygens (including phenoxy) is 1. The lowest BCUT2D eigenvalue weighted by Gasteiger charge is -2.31. The minimum atomic E-state index is -0.531. The minimum Gasteiger partial charge on any atom is -0.463 e. The Bertz CT molecular complexity index is 434. The topological polar surface area (TPSA) is 81.3 Å². The average Bonchev–Trinajstić information content (AvgIpc) is 2.44. The van der Waals surface area contributed by atoms with Gasteiger partial charge in [0.05, 0.1) is 7.11 Å². The average molecular weight is 266 g/mol. The molecule has 19 heavy (non-hydrogen) atoms. The molecule has 0 fully saturated rings. The van der Waals surface area contributed by atoms with Crippen molar-refractivity contribution in [3.8, 4) is 0 Å². The summed E-state index contributed by atoms with van der Waals surface area (Å²) in [5.41, 5.74) is 5.73. The predicted octanol–water partition coefficient (Wildman–Crippen LogP) is 1.07. The molecule has 0 bridgehead atoms. The lowest BCUT2D eigenvalue weighted by atomic mass is 9.93. The van der Waals surface area contributed by atoms with Gasteiger partial charge in [0, 0.05) is 19.3 Å². The lowest BCUT2D eigenvalue weighted by molar-refractivity contribution is 0.0587. The van der Waals surface area contributed by atoms with Crippen LogP contribution in [0.4, 0.5) is 5.82 Å². The van der Waals surface area contributed by atoms with Crippen LogP contribution in [0, 0.1) is 5.41 Å². The van der Waals surface area contributed by atoms with E-state index >= 15 is 0 Å². The zero-order chi connectivity index (χ0) is 14.5.